The van der Waals surface area contributed by atoms with Gasteiger partial charge in [-0.05, 0) is 19.5 Å². The van der Waals surface area contributed by atoms with Gasteiger partial charge in [0, 0.05) is 24.8 Å². The van der Waals surface area contributed by atoms with Crippen LogP contribution in [0.4, 0.5) is 0 Å². The van der Waals surface area contributed by atoms with Crippen LogP contribution in [0.25, 0.3) is 0 Å². The van der Waals surface area contributed by atoms with Crippen LogP contribution in [0, 0.1) is 0 Å². The summed E-state index contributed by atoms with van der Waals surface area (Å²) in [6, 6.07) is 0. The van der Waals surface area contributed by atoms with Gasteiger partial charge in [-0.2, -0.15) is 12.6 Å². The highest BCUT2D eigenvalue weighted by atomic mass is 32.1. The molecule has 1 rings (SSSR count). The Balaban J connectivity index is 2.11. The van der Waals surface area contributed by atoms with Crippen LogP contribution in [0.5, 0.6) is 0 Å². The Morgan fingerprint density at radius 2 is 2.46 bits per heavy atom. The number of hydrogen-bond donors (Lipinski definition) is 2. The molecule has 1 aliphatic rings. The third-order valence-corrected chi connectivity index (χ3v) is 2.57. The number of nitrogens with one attached hydrogen (secondary N) is 1. The molecule has 0 aliphatic carbocycles. The Hall–Kier alpha value is -0.220. The summed E-state index contributed by atoms with van der Waals surface area (Å²) in [6.07, 6.45) is 1.66. The number of hydrogen-bond acceptors (Lipinski definition) is 3. The van der Waals surface area contributed by atoms with E-state index in [1.807, 2.05) is 4.90 Å². The highest BCUT2D eigenvalue weighted by molar-refractivity contribution is 7.81. The maximum Gasteiger partial charge on any atom is 0.223 e. The first-order chi connectivity index (χ1) is 6.24. The summed E-state index contributed by atoms with van der Waals surface area (Å²) in [6.45, 7) is 5.79. The predicted octanol–water partition coefficient (Wildman–Crippen LogP) is 0.517. The minimum atomic E-state index is 0.256. The van der Waals surface area contributed by atoms with Crippen LogP contribution >= 0.6 is 12.6 Å². The molecule has 4 heteroatoms. The normalized spacial score (nSPS) is 22.8. The molecule has 1 fully saturated rings. The summed E-state index contributed by atoms with van der Waals surface area (Å²) < 4.78 is 0. The van der Waals surface area contributed by atoms with E-state index >= 15 is 0 Å². The summed E-state index contributed by atoms with van der Waals surface area (Å²) in [4.78, 5) is 13.2. The van der Waals surface area contributed by atoms with Crippen molar-refractivity contribution in [2.24, 2.45) is 0 Å². The SMILES string of the molecule is CCNCCCN1CC(S)CC1=O. The molecule has 1 amide bonds. The molecule has 13 heavy (non-hydrogen) atoms. The Labute approximate surface area is 85.3 Å². The van der Waals surface area contributed by atoms with Gasteiger partial charge < -0.3 is 10.2 Å². The topological polar surface area (TPSA) is 32.3 Å². The van der Waals surface area contributed by atoms with Gasteiger partial charge in [-0.1, -0.05) is 6.92 Å². The monoisotopic (exact) mass is 202 g/mol. The second-order valence-electron chi connectivity index (χ2n) is 3.40. The number of amides is 1. The number of carbonyl (C=O) groups excluding carboxylic acids is 1. The van der Waals surface area contributed by atoms with Gasteiger partial charge in [0.05, 0.1) is 0 Å². The van der Waals surface area contributed by atoms with Gasteiger partial charge in [0.1, 0.15) is 0 Å². The van der Waals surface area contributed by atoms with Crippen molar-refractivity contribution in [2.45, 2.75) is 25.0 Å². The first-order valence-corrected chi connectivity index (χ1v) is 5.42. The first kappa shape index (κ1) is 10.9. The van der Waals surface area contributed by atoms with Crippen molar-refractivity contribution >= 4 is 18.5 Å². The third kappa shape index (κ3) is 3.56. The molecule has 1 N–H and O–H groups in total. The summed E-state index contributed by atoms with van der Waals surface area (Å²) in [5.41, 5.74) is 0. The standard InChI is InChI=1S/C9H18N2OS/c1-2-10-4-3-5-11-7-8(13)6-9(11)12/h8,10,13H,2-7H2,1H3. The van der Waals surface area contributed by atoms with Crippen molar-refractivity contribution in [1.29, 1.82) is 0 Å². The molecule has 76 valence electrons. The number of carbonyl (C=O) groups is 1. The minimum absolute atomic E-state index is 0.256. The van der Waals surface area contributed by atoms with Crippen molar-refractivity contribution in [3.63, 3.8) is 0 Å². The smallest absolute Gasteiger partial charge is 0.223 e. The molecule has 1 unspecified atom stereocenters. The van der Waals surface area contributed by atoms with Gasteiger partial charge in [-0.3, -0.25) is 4.79 Å². The van der Waals surface area contributed by atoms with E-state index in [2.05, 4.69) is 24.9 Å². The largest absolute Gasteiger partial charge is 0.342 e. The fourth-order valence-corrected chi connectivity index (χ4v) is 1.89. The maximum absolute atomic E-state index is 11.3. The summed E-state index contributed by atoms with van der Waals surface area (Å²) in [5.74, 6) is 0.261. The van der Waals surface area contributed by atoms with Crippen molar-refractivity contribution in [2.75, 3.05) is 26.2 Å². The van der Waals surface area contributed by atoms with Gasteiger partial charge in [0.15, 0.2) is 0 Å². The van der Waals surface area contributed by atoms with Crippen LogP contribution in [0.2, 0.25) is 0 Å². The van der Waals surface area contributed by atoms with Gasteiger partial charge in [0.25, 0.3) is 0 Å². The molecule has 0 bridgehead atoms. The molecule has 0 saturated carbocycles. The molecule has 0 spiro atoms. The average molecular weight is 202 g/mol. The minimum Gasteiger partial charge on any atom is -0.342 e. The van der Waals surface area contributed by atoms with Crippen molar-refractivity contribution < 1.29 is 4.79 Å². The highest BCUT2D eigenvalue weighted by Gasteiger charge is 2.26. The van der Waals surface area contributed by atoms with E-state index in [4.69, 9.17) is 0 Å². The zero-order valence-corrected chi connectivity index (χ0v) is 9.02. The Morgan fingerprint density at radius 3 is 3.00 bits per heavy atom. The zero-order chi connectivity index (χ0) is 9.68. The molecule has 0 radical (unpaired) electrons. The Bertz CT molecular complexity index is 175. The van der Waals surface area contributed by atoms with E-state index < -0.39 is 0 Å². The molecule has 0 aromatic rings. The average Bonchev–Trinajstić information content (AvgIpc) is 2.39. The molecule has 0 aromatic heterocycles. The van der Waals surface area contributed by atoms with E-state index in [1.165, 1.54) is 0 Å². The molecule has 0 aromatic carbocycles. The van der Waals surface area contributed by atoms with E-state index in [9.17, 15) is 4.79 Å². The maximum atomic E-state index is 11.3. The lowest BCUT2D eigenvalue weighted by molar-refractivity contribution is -0.127. The van der Waals surface area contributed by atoms with Crippen molar-refractivity contribution in [1.82, 2.24) is 10.2 Å². The third-order valence-electron chi connectivity index (χ3n) is 2.23. The quantitative estimate of drug-likeness (QED) is 0.503. The molecule has 1 saturated heterocycles. The van der Waals surface area contributed by atoms with E-state index in [0.29, 0.717) is 6.42 Å². The van der Waals surface area contributed by atoms with Crippen molar-refractivity contribution in [3.05, 3.63) is 0 Å². The molecule has 3 nitrogen and oxygen atoms in total. The van der Waals surface area contributed by atoms with Gasteiger partial charge in [-0.15, -0.1) is 0 Å². The summed E-state index contributed by atoms with van der Waals surface area (Å²) >= 11 is 4.30. The predicted molar refractivity (Wildman–Crippen MR) is 57.1 cm³/mol. The van der Waals surface area contributed by atoms with E-state index in [0.717, 1.165) is 32.6 Å². The first-order valence-electron chi connectivity index (χ1n) is 4.90. The lowest BCUT2D eigenvalue weighted by Gasteiger charge is -2.15. The fourth-order valence-electron chi connectivity index (χ4n) is 1.54. The molecule has 1 heterocycles. The van der Waals surface area contributed by atoms with Crippen molar-refractivity contribution in [3.8, 4) is 0 Å². The summed E-state index contributed by atoms with van der Waals surface area (Å²) in [5, 5.41) is 3.50. The van der Waals surface area contributed by atoms with E-state index in [-0.39, 0.29) is 11.2 Å². The zero-order valence-electron chi connectivity index (χ0n) is 8.12. The highest BCUT2D eigenvalue weighted by Crippen LogP contribution is 2.15. The second-order valence-corrected chi connectivity index (χ2v) is 4.14. The lowest BCUT2D eigenvalue weighted by Crippen LogP contribution is -2.29. The van der Waals surface area contributed by atoms with Crippen LogP contribution in [0.15, 0.2) is 0 Å². The number of nitrogens with zero attached hydrogens (tertiary/aromatic N) is 1. The lowest BCUT2D eigenvalue weighted by atomic mass is 10.4. The fraction of sp³-hybridized carbons (Fsp3) is 0.889. The van der Waals surface area contributed by atoms with Crippen LogP contribution in [0.1, 0.15) is 19.8 Å². The second kappa shape index (κ2) is 5.50. The van der Waals surface area contributed by atoms with Crippen LogP contribution < -0.4 is 5.32 Å². The van der Waals surface area contributed by atoms with Gasteiger partial charge >= 0.3 is 0 Å². The molecular weight excluding hydrogens is 184 g/mol. The summed E-state index contributed by atoms with van der Waals surface area (Å²) in [7, 11) is 0. The Morgan fingerprint density at radius 1 is 1.69 bits per heavy atom. The number of likely N-dealkylation sites (tertiary alicyclic amines) is 1. The van der Waals surface area contributed by atoms with Crippen LogP contribution in [0.3, 0.4) is 0 Å². The molecule has 1 atom stereocenters. The van der Waals surface area contributed by atoms with E-state index in [1.54, 1.807) is 0 Å². The van der Waals surface area contributed by atoms with Gasteiger partial charge in [-0.25, -0.2) is 0 Å². The van der Waals surface area contributed by atoms with Crippen LogP contribution in [-0.4, -0.2) is 42.2 Å². The number of thiol groups is 1. The van der Waals surface area contributed by atoms with Crippen LogP contribution in [-0.2, 0) is 4.79 Å². The Kier molecular flexibility index (Phi) is 4.59. The number of rotatable bonds is 5. The molecule has 1 aliphatic heterocycles. The molecular formula is C9H18N2OS. The van der Waals surface area contributed by atoms with Gasteiger partial charge in [0.2, 0.25) is 5.91 Å².